The summed E-state index contributed by atoms with van der Waals surface area (Å²) in [7, 11) is 2.02. The molecule has 2 nitrogen and oxygen atoms in total. The Morgan fingerprint density at radius 3 is 2.67 bits per heavy atom. The van der Waals surface area contributed by atoms with E-state index in [1.807, 2.05) is 33.2 Å². The van der Waals surface area contributed by atoms with Crippen molar-refractivity contribution in [3.63, 3.8) is 0 Å². The summed E-state index contributed by atoms with van der Waals surface area (Å²) >= 11 is 0. The molecule has 2 heteroatoms. The topological polar surface area (TPSA) is 22.0 Å². The summed E-state index contributed by atoms with van der Waals surface area (Å²) in [4.78, 5) is 11.0. The van der Waals surface area contributed by atoms with Crippen molar-refractivity contribution >= 4 is 17.2 Å². The molecule has 0 bridgehead atoms. The third-order valence-electron chi connectivity index (χ3n) is 2.92. The van der Waals surface area contributed by atoms with Gasteiger partial charge in [0, 0.05) is 24.2 Å². The van der Waals surface area contributed by atoms with Crippen LogP contribution in [0.4, 0.5) is 0 Å². The molecule has 0 aliphatic heterocycles. The Hall–Kier alpha value is -1.57. The van der Waals surface area contributed by atoms with E-state index < -0.39 is 5.41 Å². The zero-order chi connectivity index (χ0) is 11.1. The van der Waals surface area contributed by atoms with Crippen LogP contribution in [0.25, 0.3) is 10.9 Å². The highest BCUT2D eigenvalue weighted by atomic mass is 16.1. The van der Waals surface area contributed by atoms with Crippen molar-refractivity contribution in [1.29, 1.82) is 0 Å². The van der Waals surface area contributed by atoms with Gasteiger partial charge in [-0.05, 0) is 43.0 Å². The van der Waals surface area contributed by atoms with Crippen molar-refractivity contribution < 1.29 is 4.79 Å². The average Bonchev–Trinajstić information content (AvgIpc) is 2.60. The maximum Gasteiger partial charge on any atom is 0.129 e. The number of nitrogens with zero attached hydrogens (tertiary/aromatic N) is 1. The van der Waals surface area contributed by atoms with Gasteiger partial charge in [0.05, 0.1) is 0 Å². The molecule has 0 aliphatic carbocycles. The van der Waals surface area contributed by atoms with E-state index in [1.54, 1.807) is 0 Å². The average molecular weight is 201 g/mol. The van der Waals surface area contributed by atoms with Crippen LogP contribution in [0.15, 0.2) is 30.5 Å². The van der Waals surface area contributed by atoms with E-state index in [-0.39, 0.29) is 0 Å². The molecule has 0 radical (unpaired) electrons. The number of benzene rings is 1. The van der Waals surface area contributed by atoms with Gasteiger partial charge < -0.3 is 9.36 Å². The quantitative estimate of drug-likeness (QED) is 0.685. The zero-order valence-corrected chi connectivity index (χ0v) is 9.32. The first-order chi connectivity index (χ1) is 7.04. The van der Waals surface area contributed by atoms with Gasteiger partial charge in [-0.3, -0.25) is 0 Å². The summed E-state index contributed by atoms with van der Waals surface area (Å²) in [6.07, 6.45) is 3.03. The van der Waals surface area contributed by atoms with Gasteiger partial charge in [-0.2, -0.15) is 0 Å². The first-order valence-electron chi connectivity index (χ1n) is 5.06. The van der Waals surface area contributed by atoms with Crippen LogP contribution in [0.3, 0.4) is 0 Å². The molecule has 1 heterocycles. The molecule has 0 amide bonds. The molecule has 0 aliphatic rings. The third kappa shape index (κ3) is 1.56. The molecule has 1 aromatic heterocycles. The Morgan fingerprint density at radius 2 is 2.00 bits per heavy atom. The highest BCUT2D eigenvalue weighted by Gasteiger charge is 2.19. The normalized spacial score (nSPS) is 11.9. The van der Waals surface area contributed by atoms with Gasteiger partial charge in [0.25, 0.3) is 0 Å². The van der Waals surface area contributed by atoms with Gasteiger partial charge in [0.1, 0.15) is 6.29 Å². The number of carbonyl (C=O) groups is 1. The highest BCUT2D eigenvalue weighted by molar-refractivity contribution is 5.82. The second-order valence-electron chi connectivity index (χ2n) is 4.54. The Balaban J connectivity index is 2.61. The van der Waals surface area contributed by atoms with E-state index in [0.29, 0.717) is 0 Å². The maximum absolute atomic E-state index is 11.0. The predicted molar refractivity (Wildman–Crippen MR) is 62.0 cm³/mol. The fraction of sp³-hybridized carbons (Fsp3) is 0.308. The lowest BCUT2D eigenvalue weighted by molar-refractivity contribution is -0.111. The summed E-state index contributed by atoms with van der Waals surface area (Å²) in [5.74, 6) is 0. The fourth-order valence-corrected chi connectivity index (χ4v) is 1.75. The minimum absolute atomic E-state index is 0.399. The molecule has 0 saturated heterocycles. The van der Waals surface area contributed by atoms with E-state index in [0.717, 1.165) is 11.8 Å². The van der Waals surface area contributed by atoms with Crippen molar-refractivity contribution in [3.05, 3.63) is 36.0 Å². The number of carbonyl (C=O) groups excluding carboxylic acids is 1. The molecule has 0 saturated carbocycles. The number of hydrogen-bond acceptors (Lipinski definition) is 1. The molecule has 0 unspecified atom stereocenters. The van der Waals surface area contributed by atoms with E-state index >= 15 is 0 Å². The van der Waals surface area contributed by atoms with Gasteiger partial charge in [-0.15, -0.1) is 0 Å². The Labute approximate surface area is 89.5 Å². The van der Waals surface area contributed by atoms with Crippen molar-refractivity contribution in [2.24, 2.45) is 7.05 Å². The molecule has 0 fully saturated rings. The number of hydrogen-bond donors (Lipinski definition) is 0. The Bertz CT molecular complexity index is 508. The molecular weight excluding hydrogens is 186 g/mol. The molecule has 0 N–H and O–H groups in total. The number of aldehydes is 1. The molecule has 1 aromatic carbocycles. The second-order valence-corrected chi connectivity index (χ2v) is 4.54. The van der Waals surface area contributed by atoms with Gasteiger partial charge in [0.2, 0.25) is 0 Å². The Kier molecular flexibility index (Phi) is 2.14. The van der Waals surface area contributed by atoms with Crippen LogP contribution >= 0.6 is 0 Å². The largest absolute Gasteiger partial charge is 0.351 e. The summed E-state index contributed by atoms with van der Waals surface area (Å²) in [6, 6.07) is 8.25. The number of fused-ring (bicyclic) bond motifs is 1. The number of aromatic nitrogens is 1. The SMILES string of the molecule is Cn1ccc2cc(C(C)(C)C=O)ccc21. The first-order valence-corrected chi connectivity index (χ1v) is 5.06. The van der Waals surface area contributed by atoms with Crippen molar-refractivity contribution in [1.82, 2.24) is 4.57 Å². The van der Waals surface area contributed by atoms with E-state index in [9.17, 15) is 4.79 Å². The van der Waals surface area contributed by atoms with Crippen molar-refractivity contribution in [2.75, 3.05) is 0 Å². The second kappa shape index (κ2) is 3.23. The van der Waals surface area contributed by atoms with Crippen LogP contribution in [0.1, 0.15) is 19.4 Å². The first kappa shape index (κ1) is 9.97. The molecule has 78 valence electrons. The van der Waals surface area contributed by atoms with Gasteiger partial charge in [-0.1, -0.05) is 6.07 Å². The van der Waals surface area contributed by atoms with Crippen LogP contribution in [-0.4, -0.2) is 10.9 Å². The summed E-state index contributed by atoms with van der Waals surface area (Å²) in [5, 5.41) is 1.19. The van der Waals surface area contributed by atoms with Crippen LogP contribution in [0, 0.1) is 0 Å². The minimum atomic E-state index is -0.399. The molecule has 0 spiro atoms. The van der Waals surface area contributed by atoms with E-state index in [2.05, 4.69) is 22.8 Å². The molecule has 0 atom stereocenters. The lowest BCUT2D eigenvalue weighted by Gasteiger charge is -2.17. The molecule has 15 heavy (non-hydrogen) atoms. The monoisotopic (exact) mass is 201 g/mol. The fourth-order valence-electron chi connectivity index (χ4n) is 1.75. The molecular formula is C13H15NO. The minimum Gasteiger partial charge on any atom is -0.351 e. The smallest absolute Gasteiger partial charge is 0.129 e. The van der Waals surface area contributed by atoms with Crippen LogP contribution in [0.2, 0.25) is 0 Å². The zero-order valence-electron chi connectivity index (χ0n) is 9.32. The summed E-state index contributed by atoms with van der Waals surface area (Å²) in [6.45, 7) is 3.87. The highest BCUT2D eigenvalue weighted by Crippen LogP contribution is 2.25. The van der Waals surface area contributed by atoms with Crippen molar-refractivity contribution in [2.45, 2.75) is 19.3 Å². The van der Waals surface area contributed by atoms with Crippen molar-refractivity contribution in [3.8, 4) is 0 Å². The lowest BCUT2D eigenvalue weighted by Crippen LogP contribution is -2.18. The number of rotatable bonds is 2. The van der Waals surface area contributed by atoms with E-state index in [4.69, 9.17) is 0 Å². The summed E-state index contributed by atoms with van der Waals surface area (Å²) < 4.78 is 2.08. The molecule has 2 rings (SSSR count). The maximum atomic E-state index is 11.0. The van der Waals surface area contributed by atoms with E-state index in [1.165, 1.54) is 10.9 Å². The van der Waals surface area contributed by atoms with Gasteiger partial charge in [-0.25, -0.2) is 0 Å². The predicted octanol–water partition coefficient (Wildman–Crippen LogP) is 2.65. The van der Waals surface area contributed by atoms with Crippen LogP contribution in [0.5, 0.6) is 0 Å². The third-order valence-corrected chi connectivity index (χ3v) is 2.92. The standard InChI is InChI=1S/C13H15NO/c1-13(2,9-15)11-4-5-12-10(8-11)6-7-14(12)3/h4-9H,1-3H3. The molecule has 2 aromatic rings. The number of aryl methyl sites for hydroxylation is 1. The summed E-state index contributed by atoms with van der Waals surface area (Å²) in [5.41, 5.74) is 1.86. The lowest BCUT2D eigenvalue weighted by atomic mass is 9.86. The van der Waals surface area contributed by atoms with Crippen LogP contribution < -0.4 is 0 Å². The van der Waals surface area contributed by atoms with Gasteiger partial charge in [0.15, 0.2) is 0 Å². The van der Waals surface area contributed by atoms with Crippen LogP contribution in [-0.2, 0) is 17.3 Å². The Morgan fingerprint density at radius 1 is 1.27 bits per heavy atom. The van der Waals surface area contributed by atoms with Gasteiger partial charge >= 0.3 is 0 Å².